The predicted octanol–water partition coefficient (Wildman–Crippen LogP) is 2.12. The lowest BCUT2D eigenvalue weighted by molar-refractivity contribution is 0.232. The van der Waals surface area contributed by atoms with Gasteiger partial charge in [-0.25, -0.2) is 4.79 Å². The van der Waals surface area contributed by atoms with E-state index in [2.05, 4.69) is 38.3 Å². The first kappa shape index (κ1) is 17.4. The van der Waals surface area contributed by atoms with Crippen LogP contribution in [0.1, 0.15) is 40.5 Å². The Balaban J connectivity index is 4.05. The van der Waals surface area contributed by atoms with Crippen LogP contribution in [0, 0.1) is 11.8 Å². The summed E-state index contributed by atoms with van der Waals surface area (Å²) in [5.41, 5.74) is 0. The van der Waals surface area contributed by atoms with Gasteiger partial charge in [-0.2, -0.15) is 0 Å². The number of rotatable bonds is 8. The third-order valence-corrected chi connectivity index (χ3v) is 3.30. The fraction of sp³-hybridized carbons (Fsp3) is 0.923. The molecular weight excluding hydrogens is 248 g/mol. The van der Waals surface area contributed by atoms with Gasteiger partial charge in [0, 0.05) is 35.4 Å². The average Bonchev–Trinajstić information content (AvgIpc) is 2.13. The zero-order valence-electron chi connectivity index (χ0n) is 12.3. The smallest absolute Gasteiger partial charge is 0.315 e. The van der Waals surface area contributed by atoms with Gasteiger partial charge in [-0.05, 0) is 24.7 Å². The second-order valence-corrected chi connectivity index (χ2v) is 7.19. The highest BCUT2D eigenvalue weighted by Crippen LogP contribution is 2.13. The minimum atomic E-state index is -0.855. The van der Waals surface area contributed by atoms with Crippen molar-refractivity contribution in [2.75, 3.05) is 18.6 Å². The number of nitrogens with one attached hydrogen (secondary N) is 2. The Labute approximate surface area is 114 Å². The second kappa shape index (κ2) is 9.36. The zero-order valence-corrected chi connectivity index (χ0v) is 13.1. The molecule has 0 aromatic rings. The molecule has 4 nitrogen and oxygen atoms in total. The number of amides is 2. The minimum Gasteiger partial charge on any atom is -0.337 e. The van der Waals surface area contributed by atoms with Crippen molar-refractivity contribution in [1.82, 2.24) is 10.6 Å². The molecule has 0 bridgehead atoms. The molecule has 0 radical (unpaired) electrons. The number of carbonyl (C=O) groups is 1. The standard InChI is InChI=1S/C13H28N2O2S/c1-10(2)8-12(9-11(3)4)15-13(16)14-6-7-18(5)17/h10-12H,6-9H2,1-5H3,(H2,14,15,16). The molecule has 0 fully saturated rings. The average molecular weight is 276 g/mol. The summed E-state index contributed by atoms with van der Waals surface area (Å²) in [6.45, 7) is 9.10. The van der Waals surface area contributed by atoms with Crippen LogP contribution < -0.4 is 10.6 Å². The number of hydrogen-bond donors (Lipinski definition) is 2. The summed E-state index contributed by atoms with van der Waals surface area (Å²) in [5, 5.41) is 5.75. The molecule has 0 saturated heterocycles. The van der Waals surface area contributed by atoms with Gasteiger partial charge in [0.2, 0.25) is 0 Å². The fourth-order valence-corrected chi connectivity index (χ4v) is 2.29. The van der Waals surface area contributed by atoms with Crippen LogP contribution in [0.25, 0.3) is 0 Å². The Morgan fingerprint density at radius 3 is 2.00 bits per heavy atom. The van der Waals surface area contributed by atoms with Crippen LogP contribution in [0.2, 0.25) is 0 Å². The van der Waals surface area contributed by atoms with E-state index in [4.69, 9.17) is 0 Å². The molecular formula is C13H28N2O2S. The monoisotopic (exact) mass is 276 g/mol. The van der Waals surface area contributed by atoms with E-state index in [1.54, 1.807) is 6.26 Å². The Hall–Kier alpha value is -0.580. The van der Waals surface area contributed by atoms with Crippen molar-refractivity contribution < 1.29 is 9.00 Å². The molecule has 5 heteroatoms. The first-order chi connectivity index (χ1) is 8.31. The Kier molecular flexibility index (Phi) is 9.06. The first-order valence-corrected chi connectivity index (χ1v) is 8.38. The molecule has 1 unspecified atom stereocenters. The maximum atomic E-state index is 11.7. The van der Waals surface area contributed by atoms with Crippen molar-refractivity contribution in [2.24, 2.45) is 11.8 Å². The molecule has 18 heavy (non-hydrogen) atoms. The summed E-state index contributed by atoms with van der Waals surface area (Å²) < 4.78 is 10.9. The fourth-order valence-electron chi connectivity index (χ4n) is 1.90. The summed E-state index contributed by atoms with van der Waals surface area (Å²) >= 11 is 0. The predicted molar refractivity (Wildman–Crippen MR) is 78.2 cm³/mol. The van der Waals surface area contributed by atoms with E-state index in [0.29, 0.717) is 24.1 Å². The number of urea groups is 1. The van der Waals surface area contributed by atoms with Gasteiger partial charge < -0.3 is 10.6 Å². The molecule has 0 aromatic carbocycles. The van der Waals surface area contributed by atoms with Crippen LogP contribution in [0.15, 0.2) is 0 Å². The molecule has 108 valence electrons. The van der Waals surface area contributed by atoms with Crippen LogP contribution >= 0.6 is 0 Å². The molecule has 0 spiro atoms. The largest absolute Gasteiger partial charge is 0.337 e. The third kappa shape index (κ3) is 10.6. The van der Waals surface area contributed by atoms with E-state index < -0.39 is 10.8 Å². The topological polar surface area (TPSA) is 58.2 Å². The quantitative estimate of drug-likeness (QED) is 0.713. The van der Waals surface area contributed by atoms with E-state index >= 15 is 0 Å². The molecule has 2 amide bonds. The number of hydrogen-bond acceptors (Lipinski definition) is 2. The first-order valence-electron chi connectivity index (χ1n) is 6.65. The van der Waals surface area contributed by atoms with Crippen LogP contribution in [-0.4, -0.2) is 34.8 Å². The molecule has 0 aromatic heterocycles. The van der Waals surface area contributed by atoms with Crippen molar-refractivity contribution in [2.45, 2.75) is 46.6 Å². The SMILES string of the molecule is CC(C)CC(CC(C)C)NC(=O)NCCS(C)=O. The van der Waals surface area contributed by atoms with Gasteiger partial charge in [0.15, 0.2) is 0 Å². The van der Waals surface area contributed by atoms with Gasteiger partial charge in [0.1, 0.15) is 0 Å². The lowest BCUT2D eigenvalue weighted by Gasteiger charge is -2.22. The summed E-state index contributed by atoms with van der Waals surface area (Å²) in [5.74, 6) is 1.64. The third-order valence-electron chi connectivity index (χ3n) is 2.52. The van der Waals surface area contributed by atoms with Crippen molar-refractivity contribution in [3.63, 3.8) is 0 Å². The van der Waals surface area contributed by atoms with Gasteiger partial charge in [0.25, 0.3) is 0 Å². The maximum absolute atomic E-state index is 11.7. The Bertz CT molecular complexity index is 258. The Morgan fingerprint density at radius 1 is 1.11 bits per heavy atom. The molecule has 0 aliphatic heterocycles. The molecule has 0 saturated carbocycles. The second-order valence-electron chi connectivity index (χ2n) is 5.63. The molecule has 0 rings (SSSR count). The van der Waals surface area contributed by atoms with Gasteiger partial charge in [0.05, 0.1) is 0 Å². The molecule has 2 N–H and O–H groups in total. The van der Waals surface area contributed by atoms with Gasteiger partial charge in [-0.15, -0.1) is 0 Å². The van der Waals surface area contributed by atoms with E-state index in [0.717, 1.165) is 12.8 Å². The van der Waals surface area contributed by atoms with E-state index in [-0.39, 0.29) is 12.1 Å². The van der Waals surface area contributed by atoms with Crippen LogP contribution in [0.4, 0.5) is 4.79 Å². The molecule has 0 aliphatic carbocycles. The van der Waals surface area contributed by atoms with Gasteiger partial charge in [-0.3, -0.25) is 4.21 Å². The summed E-state index contributed by atoms with van der Waals surface area (Å²) in [6.07, 6.45) is 3.62. The molecule has 0 aliphatic rings. The summed E-state index contributed by atoms with van der Waals surface area (Å²) in [6, 6.07) is 0.0730. The van der Waals surface area contributed by atoms with Crippen LogP contribution in [0.3, 0.4) is 0 Å². The highest BCUT2D eigenvalue weighted by Gasteiger charge is 2.15. The van der Waals surface area contributed by atoms with Crippen molar-refractivity contribution in [3.05, 3.63) is 0 Å². The lowest BCUT2D eigenvalue weighted by atomic mass is 9.96. The van der Waals surface area contributed by atoms with Crippen LogP contribution in [0.5, 0.6) is 0 Å². The summed E-state index contributed by atoms with van der Waals surface area (Å²) in [7, 11) is -0.855. The summed E-state index contributed by atoms with van der Waals surface area (Å²) in [4.78, 5) is 11.7. The lowest BCUT2D eigenvalue weighted by Crippen LogP contribution is -2.44. The van der Waals surface area contributed by atoms with Crippen LogP contribution in [-0.2, 0) is 10.8 Å². The maximum Gasteiger partial charge on any atom is 0.315 e. The van der Waals surface area contributed by atoms with Gasteiger partial charge >= 0.3 is 6.03 Å². The zero-order chi connectivity index (χ0) is 14.1. The van der Waals surface area contributed by atoms with Crippen molar-refractivity contribution >= 4 is 16.8 Å². The van der Waals surface area contributed by atoms with Gasteiger partial charge in [-0.1, -0.05) is 27.7 Å². The molecule has 1 atom stereocenters. The van der Waals surface area contributed by atoms with Crippen molar-refractivity contribution in [1.29, 1.82) is 0 Å². The molecule has 0 heterocycles. The Morgan fingerprint density at radius 2 is 1.61 bits per heavy atom. The van der Waals surface area contributed by atoms with Crippen molar-refractivity contribution in [3.8, 4) is 0 Å². The highest BCUT2D eigenvalue weighted by molar-refractivity contribution is 7.84. The van der Waals surface area contributed by atoms with E-state index in [1.165, 1.54) is 0 Å². The van der Waals surface area contributed by atoms with E-state index in [9.17, 15) is 9.00 Å². The minimum absolute atomic E-state index is 0.147. The normalized spacial score (nSPS) is 13.1. The van der Waals surface area contributed by atoms with E-state index in [1.807, 2.05) is 0 Å². The highest BCUT2D eigenvalue weighted by atomic mass is 32.2. The number of carbonyl (C=O) groups excluding carboxylic acids is 1.